The predicted molar refractivity (Wildman–Crippen MR) is 117 cm³/mol. The van der Waals surface area contributed by atoms with Crippen LogP contribution in [0.25, 0.3) is 10.9 Å². The van der Waals surface area contributed by atoms with E-state index in [1.165, 1.54) is 45.2 Å². The zero-order valence-corrected chi connectivity index (χ0v) is 17.9. The molecule has 2 aliphatic heterocycles. The molecule has 2 aliphatic rings. The summed E-state index contributed by atoms with van der Waals surface area (Å²) in [7, 11) is 0. The van der Waals surface area contributed by atoms with Crippen LogP contribution >= 0.6 is 0 Å². The van der Waals surface area contributed by atoms with E-state index in [0.29, 0.717) is 17.9 Å². The maximum absolute atomic E-state index is 12.5. The standard InChI is InChI=1S/C24H35N3O2/c1-18(2)16-27-14-11-20-22(27)9-5-10-23(20)29-17-24(28)25-15-19-7-6-13-26-12-4-3-8-21(19)26/h5,9-11,14,18-19,21H,3-4,6-8,12-13,15-17H2,1-2H3,(H,25,28)/t19-,21+/m0/s1. The van der Waals surface area contributed by atoms with Crippen molar-refractivity contribution in [1.82, 2.24) is 14.8 Å². The maximum Gasteiger partial charge on any atom is 0.257 e. The number of nitrogens with one attached hydrogen (secondary N) is 1. The molecule has 2 saturated heterocycles. The Balaban J connectivity index is 1.31. The summed E-state index contributed by atoms with van der Waals surface area (Å²) in [5.74, 6) is 1.94. The maximum atomic E-state index is 12.5. The molecule has 3 heterocycles. The fraction of sp³-hybridized carbons (Fsp3) is 0.625. The Labute approximate surface area is 174 Å². The first-order chi connectivity index (χ1) is 14.1. The molecule has 1 N–H and O–H groups in total. The Hall–Kier alpha value is -2.01. The van der Waals surface area contributed by atoms with Crippen LogP contribution in [-0.2, 0) is 11.3 Å². The third kappa shape index (κ3) is 4.77. The summed E-state index contributed by atoms with van der Waals surface area (Å²) in [6.45, 7) is 8.74. The second-order valence-corrected chi connectivity index (χ2v) is 9.15. The van der Waals surface area contributed by atoms with Gasteiger partial charge in [-0.05, 0) is 68.8 Å². The molecular formula is C24H35N3O2. The number of fused-ring (bicyclic) bond motifs is 2. The van der Waals surface area contributed by atoms with Crippen molar-refractivity contribution in [3.8, 4) is 5.75 Å². The molecule has 0 radical (unpaired) electrons. The SMILES string of the molecule is CC(C)Cn1ccc2c(OCC(=O)NC[C@@H]3CCCN4CCCC[C@H]34)cccc21. The molecule has 1 aromatic carbocycles. The van der Waals surface area contributed by atoms with Gasteiger partial charge in [0.05, 0.1) is 5.52 Å². The van der Waals surface area contributed by atoms with Crippen molar-refractivity contribution in [3.63, 3.8) is 0 Å². The summed E-state index contributed by atoms with van der Waals surface area (Å²) in [5, 5.41) is 4.21. The normalized spacial score (nSPS) is 22.6. The molecule has 2 fully saturated rings. The van der Waals surface area contributed by atoms with Gasteiger partial charge in [0.25, 0.3) is 5.91 Å². The number of nitrogens with zero attached hydrogens (tertiary/aromatic N) is 2. The summed E-state index contributed by atoms with van der Waals surface area (Å²) >= 11 is 0. The average molecular weight is 398 g/mol. The van der Waals surface area contributed by atoms with Gasteiger partial charge in [-0.15, -0.1) is 0 Å². The smallest absolute Gasteiger partial charge is 0.257 e. The van der Waals surface area contributed by atoms with Gasteiger partial charge in [-0.3, -0.25) is 4.79 Å². The lowest BCUT2D eigenvalue weighted by Crippen LogP contribution is -2.51. The molecule has 5 nitrogen and oxygen atoms in total. The average Bonchev–Trinajstić information content (AvgIpc) is 3.13. The third-order valence-corrected chi connectivity index (χ3v) is 6.48. The summed E-state index contributed by atoms with van der Waals surface area (Å²) in [5.41, 5.74) is 1.16. The minimum absolute atomic E-state index is 0.0171. The zero-order valence-electron chi connectivity index (χ0n) is 17.9. The highest BCUT2D eigenvalue weighted by atomic mass is 16.5. The number of hydrogen-bond acceptors (Lipinski definition) is 3. The van der Waals surface area contributed by atoms with Crippen LogP contribution in [0.15, 0.2) is 30.5 Å². The second-order valence-electron chi connectivity index (χ2n) is 9.15. The van der Waals surface area contributed by atoms with Gasteiger partial charge in [-0.25, -0.2) is 0 Å². The van der Waals surface area contributed by atoms with E-state index in [4.69, 9.17) is 4.74 Å². The molecule has 2 aromatic rings. The van der Waals surface area contributed by atoms with Crippen LogP contribution in [0.2, 0.25) is 0 Å². The lowest BCUT2D eigenvalue weighted by molar-refractivity contribution is -0.123. The highest BCUT2D eigenvalue weighted by molar-refractivity contribution is 5.87. The summed E-state index contributed by atoms with van der Waals surface area (Å²) in [6.07, 6.45) is 8.53. The van der Waals surface area contributed by atoms with E-state index < -0.39 is 0 Å². The Bertz CT molecular complexity index is 827. The van der Waals surface area contributed by atoms with Gasteiger partial charge >= 0.3 is 0 Å². The van der Waals surface area contributed by atoms with Gasteiger partial charge in [0, 0.05) is 30.7 Å². The van der Waals surface area contributed by atoms with Crippen LogP contribution in [0.1, 0.15) is 46.0 Å². The van der Waals surface area contributed by atoms with Crippen molar-refractivity contribution >= 4 is 16.8 Å². The summed E-state index contributed by atoms with van der Waals surface area (Å²) < 4.78 is 8.17. The molecule has 4 rings (SSSR count). The van der Waals surface area contributed by atoms with E-state index >= 15 is 0 Å². The fourth-order valence-electron chi connectivity index (χ4n) is 5.13. The van der Waals surface area contributed by atoms with Crippen molar-refractivity contribution in [3.05, 3.63) is 30.5 Å². The van der Waals surface area contributed by atoms with Crippen molar-refractivity contribution in [1.29, 1.82) is 0 Å². The molecule has 29 heavy (non-hydrogen) atoms. The lowest BCUT2D eigenvalue weighted by Gasteiger charge is -2.44. The van der Waals surface area contributed by atoms with E-state index in [1.807, 2.05) is 12.1 Å². The number of carbonyl (C=O) groups is 1. The van der Waals surface area contributed by atoms with Crippen molar-refractivity contribution in [2.24, 2.45) is 11.8 Å². The Morgan fingerprint density at radius 2 is 2.03 bits per heavy atom. The molecule has 0 unspecified atom stereocenters. The molecule has 2 atom stereocenters. The van der Waals surface area contributed by atoms with E-state index in [1.54, 1.807) is 0 Å². The zero-order chi connectivity index (χ0) is 20.2. The molecule has 0 saturated carbocycles. The van der Waals surface area contributed by atoms with Crippen LogP contribution in [0.3, 0.4) is 0 Å². The molecule has 1 aromatic heterocycles. The Morgan fingerprint density at radius 1 is 1.17 bits per heavy atom. The predicted octanol–water partition coefficient (Wildman–Crippen LogP) is 4.06. The van der Waals surface area contributed by atoms with Crippen LogP contribution in [0.4, 0.5) is 0 Å². The highest BCUT2D eigenvalue weighted by Crippen LogP contribution is 2.30. The van der Waals surface area contributed by atoms with Gasteiger partial charge in [0.15, 0.2) is 6.61 Å². The van der Waals surface area contributed by atoms with E-state index in [9.17, 15) is 4.79 Å². The lowest BCUT2D eigenvalue weighted by atomic mass is 9.83. The molecule has 0 bridgehead atoms. The molecule has 1 amide bonds. The number of hydrogen-bond donors (Lipinski definition) is 1. The van der Waals surface area contributed by atoms with Gasteiger partial charge in [0.1, 0.15) is 5.75 Å². The third-order valence-electron chi connectivity index (χ3n) is 6.48. The van der Waals surface area contributed by atoms with Gasteiger partial charge < -0.3 is 19.5 Å². The van der Waals surface area contributed by atoms with E-state index in [0.717, 1.165) is 29.7 Å². The number of benzene rings is 1. The number of aromatic nitrogens is 1. The van der Waals surface area contributed by atoms with Crippen LogP contribution in [0.5, 0.6) is 5.75 Å². The largest absolute Gasteiger partial charge is 0.483 e. The topological polar surface area (TPSA) is 46.5 Å². The quantitative estimate of drug-likeness (QED) is 0.766. The number of ether oxygens (including phenoxy) is 1. The first-order valence-electron chi connectivity index (χ1n) is 11.3. The first-order valence-corrected chi connectivity index (χ1v) is 11.3. The summed E-state index contributed by atoms with van der Waals surface area (Å²) in [6, 6.07) is 8.82. The number of carbonyl (C=O) groups excluding carboxylic acids is 1. The van der Waals surface area contributed by atoms with E-state index in [2.05, 4.69) is 47.0 Å². The summed E-state index contributed by atoms with van der Waals surface area (Å²) in [4.78, 5) is 15.1. The van der Waals surface area contributed by atoms with Crippen molar-refractivity contribution < 1.29 is 9.53 Å². The number of piperidine rings is 2. The minimum atomic E-state index is -0.0171. The van der Waals surface area contributed by atoms with Gasteiger partial charge in [0.2, 0.25) is 0 Å². The Kier molecular flexibility index (Phi) is 6.43. The van der Waals surface area contributed by atoms with Crippen LogP contribution in [0, 0.1) is 11.8 Å². The molecule has 0 aliphatic carbocycles. The molecule has 158 valence electrons. The molecule has 5 heteroatoms. The van der Waals surface area contributed by atoms with Crippen LogP contribution < -0.4 is 10.1 Å². The molecular weight excluding hydrogens is 362 g/mol. The van der Waals surface area contributed by atoms with E-state index in [-0.39, 0.29) is 12.5 Å². The highest BCUT2D eigenvalue weighted by Gasteiger charge is 2.32. The van der Waals surface area contributed by atoms with Crippen molar-refractivity contribution in [2.75, 3.05) is 26.2 Å². The monoisotopic (exact) mass is 397 g/mol. The van der Waals surface area contributed by atoms with Crippen molar-refractivity contribution in [2.45, 2.75) is 58.5 Å². The second kappa shape index (κ2) is 9.21. The van der Waals surface area contributed by atoms with Gasteiger partial charge in [-0.1, -0.05) is 26.3 Å². The number of rotatable bonds is 7. The minimum Gasteiger partial charge on any atom is -0.483 e. The Morgan fingerprint density at radius 3 is 2.90 bits per heavy atom. The fourth-order valence-corrected chi connectivity index (χ4v) is 5.13. The first kappa shape index (κ1) is 20.3. The van der Waals surface area contributed by atoms with Crippen LogP contribution in [-0.4, -0.2) is 47.7 Å². The number of amides is 1. The van der Waals surface area contributed by atoms with Gasteiger partial charge in [-0.2, -0.15) is 0 Å². The molecule has 0 spiro atoms.